The average molecular weight is 299 g/mol. The fourth-order valence-corrected chi connectivity index (χ4v) is 1.89. The van der Waals surface area contributed by atoms with Gasteiger partial charge in [0.2, 0.25) is 10.0 Å². The molecule has 0 atom stereocenters. The van der Waals surface area contributed by atoms with Gasteiger partial charge in [0.15, 0.2) is 0 Å². The van der Waals surface area contributed by atoms with E-state index in [1.165, 1.54) is 24.3 Å². The number of hydrogen-bond acceptors (Lipinski definition) is 4. The van der Waals surface area contributed by atoms with E-state index in [1.807, 2.05) is 6.92 Å². The van der Waals surface area contributed by atoms with Crippen LogP contribution in [0.2, 0.25) is 0 Å². The largest absolute Gasteiger partial charge is 0.348 e. The maximum absolute atomic E-state index is 11.4. The Labute approximate surface area is 117 Å². The minimum absolute atomic E-state index is 0.00624. The van der Waals surface area contributed by atoms with E-state index in [-0.39, 0.29) is 11.4 Å². The van der Waals surface area contributed by atoms with Crippen molar-refractivity contribution in [1.82, 2.24) is 10.6 Å². The van der Waals surface area contributed by atoms with Crippen LogP contribution in [0.25, 0.3) is 0 Å². The number of carbonyl (C=O) groups excluding carboxylic acids is 2. The van der Waals surface area contributed by atoms with Crippen molar-refractivity contribution in [2.75, 3.05) is 6.54 Å². The van der Waals surface area contributed by atoms with Gasteiger partial charge in [0, 0.05) is 13.1 Å². The predicted octanol–water partition coefficient (Wildman–Crippen LogP) is -0.524. The lowest BCUT2D eigenvalue weighted by Gasteiger charge is -2.06. The summed E-state index contributed by atoms with van der Waals surface area (Å²) in [5.41, 5.74) is 0.661. The summed E-state index contributed by atoms with van der Waals surface area (Å²) < 4.78 is 22.1. The molecule has 1 rings (SSSR count). The number of hydrogen-bond donors (Lipinski definition) is 3. The average Bonchev–Trinajstić information content (AvgIpc) is 2.41. The van der Waals surface area contributed by atoms with Crippen LogP contribution in [-0.2, 0) is 26.2 Å². The monoisotopic (exact) mass is 299 g/mol. The maximum atomic E-state index is 11.4. The Hall–Kier alpha value is -1.93. The van der Waals surface area contributed by atoms with Gasteiger partial charge < -0.3 is 10.6 Å². The molecule has 0 fully saturated rings. The first-order valence-corrected chi connectivity index (χ1v) is 7.57. The zero-order valence-electron chi connectivity index (χ0n) is 11.0. The molecule has 4 N–H and O–H groups in total. The number of primary sulfonamides is 1. The normalized spacial score (nSPS) is 10.9. The molecule has 0 aliphatic heterocycles. The van der Waals surface area contributed by atoms with Crippen LogP contribution in [0.3, 0.4) is 0 Å². The summed E-state index contributed by atoms with van der Waals surface area (Å²) in [7, 11) is -3.73. The van der Waals surface area contributed by atoms with Crippen molar-refractivity contribution in [1.29, 1.82) is 0 Å². The van der Waals surface area contributed by atoms with Crippen molar-refractivity contribution in [3.05, 3.63) is 29.8 Å². The fraction of sp³-hybridized carbons (Fsp3) is 0.333. The first-order valence-electron chi connectivity index (χ1n) is 6.02. The summed E-state index contributed by atoms with van der Waals surface area (Å²) in [5.74, 6) is -1.41. The van der Waals surface area contributed by atoms with Crippen LogP contribution < -0.4 is 15.8 Å². The number of sulfonamides is 1. The molecule has 8 heteroatoms. The van der Waals surface area contributed by atoms with Gasteiger partial charge in [-0.3, -0.25) is 9.59 Å². The maximum Gasteiger partial charge on any atom is 0.309 e. The third-order valence-corrected chi connectivity index (χ3v) is 3.38. The summed E-state index contributed by atoms with van der Waals surface area (Å²) in [6.07, 6.45) is 0.744. The lowest BCUT2D eigenvalue weighted by Crippen LogP contribution is -2.39. The molecule has 1 aromatic rings. The number of benzene rings is 1. The minimum Gasteiger partial charge on any atom is -0.348 e. The lowest BCUT2D eigenvalue weighted by molar-refractivity contribution is -0.139. The van der Waals surface area contributed by atoms with Crippen molar-refractivity contribution in [2.45, 2.75) is 24.8 Å². The van der Waals surface area contributed by atoms with Crippen LogP contribution in [0.4, 0.5) is 0 Å². The second-order valence-corrected chi connectivity index (χ2v) is 5.69. The Bertz CT molecular complexity index is 581. The van der Waals surface area contributed by atoms with E-state index >= 15 is 0 Å². The molecule has 0 unspecified atom stereocenters. The third-order valence-electron chi connectivity index (χ3n) is 2.45. The molecule has 0 aliphatic rings. The molecule has 0 bridgehead atoms. The molecule has 110 valence electrons. The Kier molecular flexibility index (Phi) is 5.66. The molecule has 0 saturated heterocycles. The molecule has 0 aromatic heterocycles. The highest BCUT2D eigenvalue weighted by atomic mass is 32.2. The lowest BCUT2D eigenvalue weighted by atomic mass is 10.2. The standard InChI is InChI=1S/C12H17N3O4S/c1-2-7-14-11(16)12(17)15-8-9-3-5-10(6-4-9)20(13,18)19/h3-6H,2,7-8H2,1H3,(H,14,16)(H,15,17)(H2,13,18,19). The molecule has 2 amide bonds. The van der Waals surface area contributed by atoms with Gasteiger partial charge in [0.05, 0.1) is 4.90 Å². The Morgan fingerprint density at radius 2 is 1.65 bits per heavy atom. The summed E-state index contributed by atoms with van der Waals surface area (Å²) in [6, 6.07) is 5.72. The van der Waals surface area contributed by atoms with Crippen LogP contribution in [0.15, 0.2) is 29.2 Å². The van der Waals surface area contributed by atoms with Crippen LogP contribution in [0.1, 0.15) is 18.9 Å². The number of amides is 2. The molecule has 0 spiro atoms. The van der Waals surface area contributed by atoms with E-state index in [9.17, 15) is 18.0 Å². The van der Waals surface area contributed by atoms with Crippen LogP contribution in [0.5, 0.6) is 0 Å². The Morgan fingerprint density at radius 3 is 2.15 bits per heavy atom. The van der Waals surface area contributed by atoms with E-state index in [2.05, 4.69) is 10.6 Å². The molecule has 1 aromatic carbocycles. The van der Waals surface area contributed by atoms with Gasteiger partial charge in [0.25, 0.3) is 0 Å². The first-order chi connectivity index (χ1) is 9.34. The van der Waals surface area contributed by atoms with E-state index in [4.69, 9.17) is 5.14 Å². The van der Waals surface area contributed by atoms with Crippen LogP contribution in [0, 0.1) is 0 Å². The van der Waals surface area contributed by atoms with Crippen molar-refractivity contribution in [3.8, 4) is 0 Å². The van der Waals surface area contributed by atoms with Gasteiger partial charge in [-0.25, -0.2) is 13.6 Å². The van der Waals surface area contributed by atoms with Crippen LogP contribution in [-0.4, -0.2) is 26.8 Å². The van der Waals surface area contributed by atoms with E-state index in [0.29, 0.717) is 12.1 Å². The molecular weight excluding hydrogens is 282 g/mol. The van der Waals surface area contributed by atoms with Gasteiger partial charge in [0.1, 0.15) is 0 Å². The summed E-state index contributed by atoms with van der Waals surface area (Å²) in [5, 5.41) is 9.85. The summed E-state index contributed by atoms with van der Waals surface area (Å²) >= 11 is 0. The Morgan fingerprint density at radius 1 is 1.10 bits per heavy atom. The molecule has 0 radical (unpaired) electrons. The van der Waals surface area contributed by atoms with Crippen molar-refractivity contribution < 1.29 is 18.0 Å². The number of nitrogens with one attached hydrogen (secondary N) is 2. The van der Waals surface area contributed by atoms with Gasteiger partial charge >= 0.3 is 11.8 Å². The molecule has 20 heavy (non-hydrogen) atoms. The highest BCUT2D eigenvalue weighted by Crippen LogP contribution is 2.08. The van der Waals surface area contributed by atoms with Gasteiger partial charge in [-0.05, 0) is 24.1 Å². The molecule has 0 aliphatic carbocycles. The summed E-state index contributed by atoms with van der Waals surface area (Å²) in [4.78, 5) is 22.7. The van der Waals surface area contributed by atoms with E-state index < -0.39 is 21.8 Å². The van der Waals surface area contributed by atoms with Gasteiger partial charge in [-0.1, -0.05) is 19.1 Å². The highest BCUT2D eigenvalue weighted by Gasteiger charge is 2.12. The van der Waals surface area contributed by atoms with E-state index in [1.54, 1.807) is 0 Å². The third kappa shape index (κ3) is 4.98. The molecule has 0 heterocycles. The second kappa shape index (κ2) is 7.01. The van der Waals surface area contributed by atoms with Gasteiger partial charge in [-0.2, -0.15) is 0 Å². The quantitative estimate of drug-likeness (QED) is 0.634. The molecular formula is C12H17N3O4S. The highest BCUT2D eigenvalue weighted by molar-refractivity contribution is 7.89. The van der Waals surface area contributed by atoms with Crippen molar-refractivity contribution in [2.24, 2.45) is 5.14 Å². The predicted molar refractivity (Wildman–Crippen MR) is 73.0 cm³/mol. The topological polar surface area (TPSA) is 118 Å². The zero-order valence-corrected chi connectivity index (χ0v) is 11.9. The zero-order chi connectivity index (χ0) is 15.2. The van der Waals surface area contributed by atoms with Crippen molar-refractivity contribution >= 4 is 21.8 Å². The second-order valence-electron chi connectivity index (χ2n) is 4.13. The smallest absolute Gasteiger partial charge is 0.309 e. The number of nitrogens with two attached hydrogens (primary N) is 1. The minimum atomic E-state index is -3.73. The number of carbonyl (C=O) groups is 2. The van der Waals surface area contributed by atoms with Gasteiger partial charge in [-0.15, -0.1) is 0 Å². The molecule has 7 nitrogen and oxygen atoms in total. The first kappa shape index (κ1) is 16.1. The number of rotatable bonds is 5. The van der Waals surface area contributed by atoms with E-state index in [0.717, 1.165) is 6.42 Å². The van der Waals surface area contributed by atoms with Crippen LogP contribution >= 0.6 is 0 Å². The van der Waals surface area contributed by atoms with Crippen molar-refractivity contribution in [3.63, 3.8) is 0 Å². The Balaban J connectivity index is 2.54. The molecule has 0 saturated carbocycles. The fourth-order valence-electron chi connectivity index (χ4n) is 1.38. The SMILES string of the molecule is CCCNC(=O)C(=O)NCc1ccc(S(N)(=O)=O)cc1. The summed E-state index contributed by atoms with van der Waals surface area (Å²) in [6.45, 7) is 2.45.